The number of rotatable bonds is 4. The number of aromatic carboxylic acids is 1. The van der Waals surface area contributed by atoms with Crippen LogP contribution in [0.1, 0.15) is 10.4 Å². The van der Waals surface area contributed by atoms with Crippen molar-refractivity contribution >= 4 is 22.4 Å². The van der Waals surface area contributed by atoms with Gasteiger partial charge in [-0.1, -0.05) is 0 Å². The van der Waals surface area contributed by atoms with Gasteiger partial charge in [-0.2, -0.15) is 0 Å². The molecule has 0 unspecified atom stereocenters. The molecule has 79 valence electrons. The van der Waals surface area contributed by atoms with Crippen LogP contribution in [0.5, 0.6) is 0 Å². The topological polar surface area (TPSA) is 101 Å². The van der Waals surface area contributed by atoms with Crippen LogP contribution < -0.4 is 4.72 Å². The van der Waals surface area contributed by atoms with Crippen LogP contribution in [0.2, 0.25) is 0 Å². The zero-order chi connectivity index (χ0) is 11.5. The minimum absolute atomic E-state index is 0.0379. The molecule has 0 atom stereocenters. The number of amides is 1. The fraction of sp³-hybridized carbons (Fsp3) is 0. The van der Waals surface area contributed by atoms with Gasteiger partial charge in [0.2, 0.25) is 0 Å². The molecule has 0 aliphatic rings. The average molecular weight is 228 g/mol. The first-order chi connectivity index (χ1) is 6.97. The molecule has 0 saturated carbocycles. The van der Waals surface area contributed by atoms with Gasteiger partial charge in [0.25, 0.3) is 10.0 Å². The number of benzene rings is 1. The van der Waals surface area contributed by atoms with Gasteiger partial charge in [-0.25, -0.2) is 17.9 Å². The van der Waals surface area contributed by atoms with Crippen LogP contribution in [0.25, 0.3) is 0 Å². The predicted molar refractivity (Wildman–Crippen MR) is 49.4 cm³/mol. The second-order valence-corrected chi connectivity index (χ2v) is 4.22. The average Bonchev–Trinajstić information content (AvgIpc) is 2.18. The third-order valence-electron chi connectivity index (χ3n) is 1.59. The van der Waals surface area contributed by atoms with E-state index in [9.17, 15) is 18.0 Å². The van der Waals surface area contributed by atoms with Gasteiger partial charge < -0.3 is 5.11 Å². The Morgan fingerprint density at radius 2 is 1.80 bits per heavy atom. The molecule has 1 radical (unpaired) electrons. The molecule has 1 rings (SSSR count). The highest BCUT2D eigenvalue weighted by Gasteiger charge is 2.13. The maximum absolute atomic E-state index is 11.2. The zero-order valence-corrected chi connectivity index (χ0v) is 8.11. The molecule has 7 heteroatoms. The van der Waals surface area contributed by atoms with E-state index < -0.39 is 16.0 Å². The lowest BCUT2D eigenvalue weighted by molar-refractivity contribution is 0.0696. The Balaban J connectivity index is 3.09. The van der Waals surface area contributed by atoms with Gasteiger partial charge in [-0.3, -0.25) is 4.79 Å². The molecular formula is C8H6NO5S. The molecule has 0 aliphatic heterocycles. The summed E-state index contributed by atoms with van der Waals surface area (Å²) in [4.78, 5) is 20.1. The SMILES string of the molecule is O=[C]NS(=O)(=O)c1ccc(C(=O)O)cc1. The van der Waals surface area contributed by atoms with E-state index in [0.29, 0.717) is 0 Å². The van der Waals surface area contributed by atoms with Crippen LogP contribution in [0.15, 0.2) is 29.2 Å². The van der Waals surface area contributed by atoms with Gasteiger partial charge in [-0.05, 0) is 24.3 Å². The predicted octanol–water partition coefficient (Wildman–Crippen LogP) is -0.270. The number of hydrogen-bond donors (Lipinski definition) is 2. The molecule has 0 aliphatic carbocycles. The van der Waals surface area contributed by atoms with Crippen LogP contribution in [-0.2, 0) is 14.8 Å². The van der Waals surface area contributed by atoms with E-state index in [2.05, 4.69) is 0 Å². The van der Waals surface area contributed by atoms with Crippen molar-refractivity contribution in [3.8, 4) is 0 Å². The van der Waals surface area contributed by atoms with Gasteiger partial charge >= 0.3 is 12.4 Å². The Kier molecular flexibility index (Phi) is 3.05. The Bertz CT molecular complexity index is 476. The molecule has 0 spiro atoms. The lowest BCUT2D eigenvalue weighted by atomic mass is 10.2. The first kappa shape index (κ1) is 11.2. The van der Waals surface area contributed by atoms with E-state index in [-0.39, 0.29) is 10.5 Å². The number of carboxylic acids is 1. The molecule has 1 aromatic rings. The maximum atomic E-state index is 11.2. The van der Waals surface area contributed by atoms with Crippen molar-refractivity contribution in [3.05, 3.63) is 29.8 Å². The Morgan fingerprint density at radius 3 is 2.20 bits per heavy atom. The van der Waals surface area contributed by atoms with E-state index in [4.69, 9.17) is 5.11 Å². The molecular weight excluding hydrogens is 222 g/mol. The van der Waals surface area contributed by atoms with Crippen LogP contribution >= 0.6 is 0 Å². The smallest absolute Gasteiger partial charge is 0.335 e. The van der Waals surface area contributed by atoms with E-state index in [0.717, 1.165) is 30.7 Å². The zero-order valence-electron chi connectivity index (χ0n) is 7.30. The lowest BCUT2D eigenvalue weighted by Gasteiger charge is -2.01. The molecule has 0 saturated heterocycles. The summed E-state index contributed by atoms with van der Waals surface area (Å²) in [6.45, 7) is 0. The summed E-state index contributed by atoms with van der Waals surface area (Å²) in [5.74, 6) is -1.16. The summed E-state index contributed by atoms with van der Waals surface area (Å²) in [5, 5.41) is 8.55. The van der Waals surface area contributed by atoms with Crippen molar-refractivity contribution < 1.29 is 23.1 Å². The van der Waals surface area contributed by atoms with Gasteiger partial charge in [0, 0.05) is 0 Å². The third kappa shape index (κ3) is 2.53. The first-order valence-corrected chi connectivity index (χ1v) is 5.18. The molecule has 1 aromatic carbocycles. The van der Waals surface area contributed by atoms with E-state index in [1.54, 1.807) is 0 Å². The molecule has 0 fully saturated rings. The highest BCUT2D eigenvalue weighted by atomic mass is 32.2. The highest BCUT2D eigenvalue weighted by Crippen LogP contribution is 2.09. The Hall–Kier alpha value is -1.89. The van der Waals surface area contributed by atoms with Crippen molar-refractivity contribution in [2.45, 2.75) is 4.90 Å². The van der Waals surface area contributed by atoms with Crippen LogP contribution in [0.3, 0.4) is 0 Å². The van der Waals surface area contributed by atoms with Gasteiger partial charge in [-0.15, -0.1) is 0 Å². The number of carbonyl (C=O) groups excluding carboxylic acids is 1. The largest absolute Gasteiger partial charge is 0.478 e. The minimum Gasteiger partial charge on any atom is -0.478 e. The Labute approximate surface area is 85.6 Å². The van der Waals surface area contributed by atoms with E-state index in [1.165, 1.54) is 4.72 Å². The maximum Gasteiger partial charge on any atom is 0.335 e. The second kappa shape index (κ2) is 4.09. The molecule has 0 aromatic heterocycles. The number of sulfonamides is 1. The fourth-order valence-corrected chi connectivity index (χ4v) is 1.61. The fourth-order valence-electron chi connectivity index (χ4n) is 0.890. The summed E-state index contributed by atoms with van der Waals surface area (Å²) in [7, 11) is -3.92. The Morgan fingerprint density at radius 1 is 1.27 bits per heavy atom. The van der Waals surface area contributed by atoms with E-state index >= 15 is 0 Å². The summed E-state index contributed by atoms with van der Waals surface area (Å²) in [5.41, 5.74) is -0.0379. The number of carbonyl (C=O) groups is 1. The van der Waals surface area contributed by atoms with Crippen molar-refractivity contribution in [2.75, 3.05) is 0 Å². The monoisotopic (exact) mass is 228 g/mol. The molecule has 0 heterocycles. The number of carboxylic acid groups (broad SMARTS) is 1. The molecule has 6 nitrogen and oxygen atoms in total. The second-order valence-electron chi connectivity index (χ2n) is 2.54. The molecule has 2 N–H and O–H groups in total. The van der Waals surface area contributed by atoms with Gasteiger partial charge in [0.1, 0.15) is 0 Å². The summed E-state index contributed by atoms with van der Waals surface area (Å²) < 4.78 is 23.9. The van der Waals surface area contributed by atoms with Crippen molar-refractivity contribution in [1.29, 1.82) is 0 Å². The van der Waals surface area contributed by atoms with Gasteiger partial charge in [0.05, 0.1) is 10.5 Å². The normalized spacial score (nSPS) is 10.7. The minimum atomic E-state index is -3.92. The number of hydrogen-bond acceptors (Lipinski definition) is 4. The van der Waals surface area contributed by atoms with Crippen molar-refractivity contribution in [3.63, 3.8) is 0 Å². The van der Waals surface area contributed by atoms with Crippen LogP contribution in [0, 0.1) is 0 Å². The summed E-state index contributed by atoms with van der Waals surface area (Å²) in [6.07, 6.45) is 1.04. The first-order valence-electron chi connectivity index (χ1n) is 3.69. The summed E-state index contributed by atoms with van der Waals surface area (Å²) >= 11 is 0. The highest BCUT2D eigenvalue weighted by molar-refractivity contribution is 7.90. The molecule has 1 amide bonds. The van der Waals surface area contributed by atoms with E-state index in [1.807, 2.05) is 0 Å². The molecule has 15 heavy (non-hydrogen) atoms. The van der Waals surface area contributed by atoms with Crippen LogP contribution in [-0.4, -0.2) is 25.9 Å². The van der Waals surface area contributed by atoms with Crippen molar-refractivity contribution in [1.82, 2.24) is 4.72 Å². The standard InChI is InChI=1S/C8H6NO5S/c10-5-9-15(13,14)7-3-1-6(2-4-7)8(11)12/h1-4H,(H,9,10)(H,11,12). The third-order valence-corrected chi connectivity index (χ3v) is 2.83. The summed E-state index contributed by atoms with van der Waals surface area (Å²) in [6, 6.07) is 4.43. The van der Waals surface area contributed by atoms with Gasteiger partial charge in [0.15, 0.2) is 0 Å². The molecule has 0 bridgehead atoms. The quantitative estimate of drug-likeness (QED) is 0.691. The van der Waals surface area contributed by atoms with Crippen molar-refractivity contribution in [2.24, 2.45) is 0 Å². The van der Waals surface area contributed by atoms with Crippen LogP contribution in [0.4, 0.5) is 0 Å². The number of nitrogens with one attached hydrogen (secondary N) is 1. The lowest BCUT2D eigenvalue weighted by Crippen LogP contribution is -2.21.